The number of fused-ring (bicyclic) bond motifs is 2. The number of hydrogen-bond donors (Lipinski definition) is 0. The van der Waals surface area contributed by atoms with E-state index in [1.807, 2.05) is 48.5 Å². The first-order chi connectivity index (χ1) is 10.3. The minimum Gasteiger partial charge on any atom is -0.474 e. The number of carbonyl (C=O) groups excluding carboxylic acids is 1. The van der Waals surface area contributed by atoms with Gasteiger partial charge in [0, 0.05) is 16.7 Å². The Bertz CT molecular complexity index is 752. The fraction of sp³-hybridized carbons (Fsp3) is 0.0588. The number of benzene rings is 2. The summed E-state index contributed by atoms with van der Waals surface area (Å²) in [4.78, 5) is 15.3. The van der Waals surface area contributed by atoms with Crippen molar-refractivity contribution in [1.82, 2.24) is 0 Å². The van der Waals surface area contributed by atoms with Gasteiger partial charge in [0.25, 0.3) is 5.70 Å². The number of hydrogen-bond acceptors (Lipinski definition) is 3. The van der Waals surface area contributed by atoms with Gasteiger partial charge in [0.2, 0.25) is 0 Å². The van der Waals surface area contributed by atoms with Crippen molar-refractivity contribution in [1.29, 1.82) is 0 Å². The first-order valence-corrected chi connectivity index (χ1v) is 6.33. The summed E-state index contributed by atoms with van der Waals surface area (Å²) < 4.78 is 10.6. The molecule has 0 unspecified atom stereocenters. The molecule has 0 radical (unpaired) electrons. The maximum atomic E-state index is 11.9. The second kappa shape index (κ2) is 5.14. The number of carbonyl (C=O) groups is 1. The number of para-hydroxylation sites is 2. The molecule has 2 aromatic rings. The maximum absolute atomic E-state index is 11.9. The fourth-order valence-corrected chi connectivity index (χ4v) is 2.34. The molecule has 102 valence electrons. The highest BCUT2D eigenvalue weighted by atomic mass is 16.5. The van der Waals surface area contributed by atoms with E-state index in [0.717, 1.165) is 0 Å². The zero-order valence-electron chi connectivity index (χ0n) is 11.3. The van der Waals surface area contributed by atoms with E-state index >= 15 is 0 Å². The van der Waals surface area contributed by atoms with Crippen LogP contribution in [0.1, 0.15) is 11.1 Å². The number of ether oxygens (including phenoxy) is 2. The molecule has 1 heterocycles. The van der Waals surface area contributed by atoms with Gasteiger partial charge in [-0.1, -0.05) is 36.4 Å². The van der Waals surface area contributed by atoms with Crippen molar-refractivity contribution in [2.24, 2.45) is 0 Å². The van der Waals surface area contributed by atoms with Crippen molar-refractivity contribution < 1.29 is 14.3 Å². The molecule has 0 saturated heterocycles. The lowest BCUT2D eigenvalue weighted by atomic mass is 9.92. The number of esters is 1. The predicted octanol–water partition coefficient (Wildman–Crippen LogP) is 3.64. The average molecular weight is 277 g/mol. The summed E-state index contributed by atoms with van der Waals surface area (Å²) in [5.74, 6) is 0.596. The molecular weight excluding hydrogens is 266 g/mol. The van der Waals surface area contributed by atoms with Crippen LogP contribution in [0.15, 0.2) is 54.2 Å². The summed E-state index contributed by atoms with van der Waals surface area (Å²) in [6.45, 7) is 7.34. The third kappa shape index (κ3) is 2.05. The Morgan fingerprint density at radius 1 is 1.05 bits per heavy atom. The highest BCUT2D eigenvalue weighted by Gasteiger charge is 2.27. The van der Waals surface area contributed by atoms with E-state index in [1.54, 1.807) is 0 Å². The van der Waals surface area contributed by atoms with Crippen LogP contribution in [-0.2, 0) is 9.53 Å². The highest BCUT2D eigenvalue weighted by molar-refractivity contribution is 6.05. The Morgan fingerprint density at radius 2 is 1.57 bits per heavy atom. The maximum Gasteiger partial charge on any atom is 0.336 e. The topological polar surface area (TPSA) is 39.9 Å². The summed E-state index contributed by atoms with van der Waals surface area (Å²) in [5, 5.41) is 0. The van der Waals surface area contributed by atoms with E-state index in [9.17, 15) is 4.79 Å². The number of methoxy groups -OCH3 is 1. The SMILES string of the molecule is [C-]#[N+]C(C(=O)OC)=C1c2ccccc2Oc2ccccc21. The smallest absolute Gasteiger partial charge is 0.336 e. The van der Waals surface area contributed by atoms with Crippen LogP contribution in [0.3, 0.4) is 0 Å². The van der Waals surface area contributed by atoms with E-state index in [-0.39, 0.29) is 5.70 Å². The van der Waals surface area contributed by atoms with Crippen LogP contribution in [0.5, 0.6) is 11.5 Å². The zero-order valence-corrected chi connectivity index (χ0v) is 11.3. The first kappa shape index (κ1) is 12.9. The van der Waals surface area contributed by atoms with Crippen molar-refractivity contribution in [2.75, 3.05) is 7.11 Å². The lowest BCUT2D eigenvalue weighted by Crippen LogP contribution is -2.09. The Morgan fingerprint density at radius 3 is 2.05 bits per heavy atom. The molecule has 0 fully saturated rings. The van der Waals surface area contributed by atoms with Crippen LogP contribution in [0.4, 0.5) is 0 Å². The van der Waals surface area contributed by atoms with Gasteiger partial charge in [-0.25, -0.2) is 4.85 Å². The van der Waals surface area contributed by atoms with Crippen LogP contribution in [0.2, 0.25) is 0 Å². The fourth-order valence-electron chi connectivity index (χ4n) is 2.34. The van der Waals surface area contributed by atoms with Gasteiger partial charge in [0.05, 0.1) is 13.7 Å². The third-order valence-electron chi connectivity index (χ3n) is 3.26. The molecule has 0 aromatic heterocycles. The highest BCUT2D eigenvalue weighted by Crippen LogP contribution is 2.44. The Balaban J connectivity index is 2.37. The van der Waals surface area contributed by atoms with Gasteiger partial charge in [-0.2, -0.15) is 0 Å². The second-order valence-electron chi connectivity index (χ2n) is 4.42. The molecule has 1 aliphatic rings. The van der Waals surface area contributed by atoms with Gasteiger partial charge in [-0.05, 0) is 12.1 Å². The Kier molecular flexibility index (Phi) is 3.17. The van der Waals surface area contributed by atoms with Crippen molar-refractivity contribution in [3.63, 3.8) is 0 Å². The van der Waals surface area contributed by atoms with E-state index in [4.69, 9.17) is 16.0 Å². The van der Waals surface area contributed by atoms with Crippen molar-refractivity contribution in [3.05, 3.63) is 76.8 Å². The zero-order chi connectivity index (χ0) is 14.8. The Labute approximate surface area is 122 Å². The molecule has 21 heavy (non-hydrogen) atoms. The summed E-state index contributed by atoms with van der Waals surface area (Å²) in [6, 6.07) is 14.7. The lowest BCUT2D eigenvalue weighted by molar-refractivity contribution is -0.135. The van der Waals surface area contributed by atoms with Gasteiger partial charge in [-0.15, -0.1) is 0 Å². The molecule has 4 heteroatoms. The standard InChI is InChI=1S/C17H11NO3/c1-18-16(17(19)20-2)15-11-7-3-5-9-13(11)21-14-10-6-4-8-12(14)15/h3-10H,2H3. The van der Waals surface area contributed by atoms with Crippen LogP contribution in [-0.4, -0.2) is 13.1 Å². The minimum absolute atomic E-state index is 0.0410. The number of rotatable bonds is 1. The van der Waals surface area contributed by atoms with Crippen LogP contribution >= 0.6 is 0 Å². The van der Waals surface area contributed by atoms with Crippen LogP contribution in [0.25, 0.3) is 10.4 Å². The predicted molar refractivity (Wildman–Crippen MR) is 77.6 cm³/mol. The van der Waals surface area contributed by atoms with Gasteiger partial charge in [-0.3, -0.25) is 4.79 Å². The molecule has 1 aliphatic heterocycles. The third-order valence-corrected chi connectivity index (χ3v) is 3.26. The summed E-state index contributed by atoms with van der Waals surface area (Å²) in [6.07, 6.45) is 0. The number of nitrogens with zero attached hydrogens (tertiary/aromatic N) is 1. The molecule has 0 spiro atoms. The molecule has 0 amide bonds. The molecule has 4 nitrogen and oxygen atoms in total. The molecule has 0 atom stereocenters. The molecule has 0 saturated carbocycles. The summed E-state index contributed by atoms with van der Waals surface area (Å²) in [7, 11) is 1.27. The largest absolute Gasteiger partial charge is 0.474 e. The first-order valence-electron chi connectivity index (χ1n) is 6.33. The van der Waals surface area contributed by atoms with Crippen molar-refractivity contribution >= 4 is 11.5 Å². The van der Waals surface area contributed by atoms with E-state index in [0.29, 0.717) is 28.2 Å². The van der Waals surface area contributed by atoms with Gasteiger partial charge >= 0.3 is 5.97 Å². The molecule has 2 aromatic carbocycles. The molecule has 0 N–H and O–H groups in total. The van der Waals surface area contributed by atoms with E-state index in [1.165, 1.54) is 7.11 Å². The van der Waals surface area contributed by atoms with Gasteiger partial charge in [0.15, 0.2) is 0 Å². The minimum atomic E-state index is -0.647. The van der Waals surface area contributed by atoms with Gasteiger partial charge < -0.3 is 9.47 Å². The molecule has 3 rings (SSSR count). The normalized spacial score (nSPS) is 11.5. The quantitative estimate of drug-likeness (QED) is 0.387. The van der Waals surface area contributed by atoms with Crippen molar-refractivity contribution in [3.8, 4) is 11.5 Å². The van der Waals surface area contributed by atoms with Crippen LogP contribution < -0.4 is 4.74 Å². The van der Waals surface area contributed by atoms with Gasteiger partial charge in [0.1, 0.15) is 11.5 Å². The monoisotopic (exact) mass is 277 g/mol. The van der Waals surface area contributed by atoms with E-state index < -0.39 is 5.97 Å². The molecule has 0 bridgehead atoms. The second-order valence-corrected chi connectivity index (χ2v) is 4.42. The van der Waals surface area contributed by atoms with E-state index in [2.05, 4.69) is 4.85 Å². The molecular formula is C17H11NO3. The van der Waals surface area contributed by atoms with Crippen LogP contribution in [0, 0.1) is 6.57 Å². The summed E-state index contributed by atoms with van der Waals surface area (Å²) in [5.41, 5.74) is 1.94. The summed E-state index contributed by atoms with van der Waals surface area (Å²) >= 11 is 0. The Hall–Kier alpha value is -3.06. The average Bonchev–Trinajstić information content (AvgIpc) is 2.54. The molecule has 0 aliphatic carbocycles. The van der Waals surface area contributed by atoms with Crippen molar-refractivity contribution in [2.45, 2.75) is 0 Å². The lowest BCUT2D eigenvalue weighted by Gasteiger charge is -2.23.